The Balaban J connectivity index is 1.25. The summed E-state index contributed by atoms with van der Waals surface area (Å²) in [6.07, 6.45) is 3.70. The third-order valence-electron chi connectivity index (χ3n) is 5.92. The summed E-state index contributed by atoms with van der Waals surface area (Å²) in [5.74, 6) is 0. The molecule has 1 saturated heterocycles. The Kier molecular flexibility index (Phi) is 5.57. The van der Waals surface area contributed by atoms with Crippen LogP contribution in [0, 0.1) is 10.1 Å². The number of thiazole rings is 1. The molecule has 0 saturated carbocycles. The fraction of sp³-hybridized carbons (Fsp3) is 0.348. The van der Waals surface area contributed by atoms with Crippen LogP contribution in [0.3, 0.4) is 0 Å². The topological polar surface area (TPSA) is 71.7 Å². The Labute approximate surface area is 185 Å². The van der Waals surface area contributed by atoms with Gasteiger partial charge >= 0.3 is 0 Å². The Hall–Kier alpha value is -2.97. The molecule has 3 aromatic rings. The third kappa shape index (κ3) is 4.40. The minimum atomic E-state index is -0.328. The standard InChI is InChI=1S/C23H24N4O3S/c28-27(29)21-6-3-18-7-8-26(16-19(18)14-21)23-24-15-22(31-23)13-17-1-4-20(5-2-17)25-9-11-30-12-10-25/h1-6,14-15H,7-13,16H2. The van der Waals surface area contributed by atoms with E-state index in [4.69, 9.17) is 4.74 Å². The monoisotopic (exact) mass is 436 g/mol. The summed E-state index contributed by atoms with van der Waals surface area (Å²) < 4.78 is 5.43. The quantitative estimate of drug-likeness (QED) is 0.444. The summed E-state index contributed by atoms with van der Waals surface area (Å²) >= 11 is 1.71. The average molecular weight is 437 g/mol. The molecule has 0 amide bonds. The minimum Gasteiger partial charge on any atom is -0.378 e. The molecule has 7 nitrogen and oxygen atoms in total. The van der Waals surface area contributed by atoms with Crippen LogP contribution in [-0.2, 0) is 24.1 Å². The van der Waals surface area contributed by atoms with Crippen LogP contribution in [0.2, 0.25) is 0 Å². The lowest BCUT2D eigenvalue weighted by Crippen LogP contribution is -2.36. The van der Waals surface area contributed by atoms with Gasteiger partial charge in [-0.1, -0.05) is 18.2 Å². The molecule has 5 rings (SSSR count). The first-order chi connectivity index (χ1) is 15.2. The van der Waals surface area contributed by atoms with Crippen molar-refractivity contribution in [2.24, 2.45) is 0 Å². The number of aromatic nitrogens is 1. The van der Waals surface area contributed by atoms with Crippen molar-refractivity contribution in [3.8, 4) is 0 Å². The highest BCUT2D eigenvalue weighted by molar-refractivity contribution is 7.15. The van der Waals surface area contributed by atoms with Crippen LogP contribution in [0.25, 0.3) is 0 Å². The number of nitrogens with zero attached hydrogens (tertiary/aromatic N) is 4. The van der Waals surface area contributed by atoms with E-state index in [0.717, 1.165) is 56.4 Å². The Morgan fingerprint density at radius 2 is 1.84 bits per heavy atom. The maximum absolute atomic E-state index is 11.1. The SMILES string of the molecule is O=[N+]([O-])c1ccc2c(c1)CN(c1ncc(Cc3ccc(N4CCOCC4)cc3)s1)CC2. The number of nitro benzene ring substituents is 1. The molecule has 0 spiro atoms. The molecular formula is C23H24N4O3S. The van der Waals surface area contributed by atoms with Crippen molar-refractivity contribution in [3.05, 3.63) is 80.3 Å². The van der Waals surface area contributed by atoms with Crippen LogP contribution < -0.4 is 9.80 Å². The van der Waals surface area contributed by atoms with E-state index in [-0.39, 0.29) is 10.6 Å². The molecule has 0 radical (unpaired) electrons. The van der Waals surface area contributed by atoms with E-state index in [1.165, 1.54) is 21.7 Å². The first-order valence-corrected chi connectivity index (χ1v) is 11.3. The second kappa shape index (κ2) is 8.64. The molecule has 0 aliphatic carbocycles. The highest BCUT2D eigenvalue weighted by atomic mass is 32.1. The average Bonchev–Trinajstić information content (AvgIpc) is 3.28. The van der Waals surface area contributed by atoms with E-state index < -0.39 is 0 Å². The van der Waals surface area contributed by atoms with Crippen molar-refractivity contribution in [3.63, 3.8) is 0 Å². The lowest BCUT2D eigenvalue weighted by molar-refractivity contribution is -0.384. The molecule has 3 heterocycles. The summed E-state index contributed by atoms with van der Waals surface area (Å²) in [5.41, 5.74) is 4.89. The summed E-state index contributed by atoms with van der Waals surface area (Å²) in [5, 5.41) is 12.1. The summed E-state index contributed by atoms with van der Waals surface area (Å²) in [4.78, 5) is 21.2. The highest BCUT2D eigenvalue weighted by Crippen LogP contribution is 2.31. The van der Waals surface area contributed by atoms with Gasteiger partial charge in [0.2, 0.25) is 0 Å². The number of anilines is 2. The fourth-order valence-electron chi connectivity index (χ4n) is 4.19. The van der Waals surface area contributed by atoms with Gasteiger partial charge in [-0.15, -0.1) is 11.3 Å². The highest BCUT2D eigenvalue weighted by Gasteiger charge is 2.21. The van der Waals surface area contributed by atoms with Crippen molar-refractivity contribution >= 4 is 27.8 Å². The van der Waals surface area contributed by atoms with Crippen LogP contribution in [0.5, 0.6) is 0 Å². The number of benzene rings is 2. The zero-order chi connectivity index (χ0) is 21.2. The predicted octanol–water partition coefficient (Wildman–Crippen LogP) is 4.04. The number of rotatable bonds is 5. The molecule has 0 N–H and O–H groups in total. The van der Waals surface area contributed by atoms with Crippen LogP contribution in [0.4, 0.5) is 16.5 Å². The lowest BCUT2D eigenvalue weighted by Gasteiger charge is -2.28. The van der Waals surface area contributed by atoms with Crippen molar-refractivity contribution in [2.75, 3.05) is 42.6 Å². The van der Waals surface area contributed by atoms with Crippen LogP contribution in [0.1, 0.15) is 21.6 Å². The Bertz CT molecular complexity index is 1080. The molecule has 8 heteroatoms. The number of morpholine rings is 1. The van der Waals surface area contributed by atoms with E-state index in [1.54, 1.807) is 23.5 Å². The van der Waals surface area contributed by atoms with E-state index >= 15 is 0 Å². The molecule has 2 aromatic carbocycles. The molecule has 0 atom stereocenters. The Morgan fingerprint density at radius 3 is 2.61 bits per heavy atom. The second-order valence-electron chi connectivity index (χ2n) is 7.93. The van der Waals surface area contributed by atoms with Gasteiger partial charge in [0.15, 0.2) is 5.13 Å². The van der Waals surface area contributed by atoms with Gasteiger partial charge < -0.3 is 14.5 Å². The maximum atomic E-state index is 11.1. The number of nitro groups is 1. The number of hydrogen-bond donors (Lipinski definition) is 0. The molecule has 2 aliphatic heterocycles. The van der Waals surface area contributed by atoms with Gasteiger partial charge in [-0.3, -0.25) is 10.1 Å². The van der Waals surface area contributed by atoms with Gasteiger partial charge in [0, 0.05) is 61.5 Å². The van der Waals surface area contributed by atoms with E-state index in [9.17, 15) is 10.1 Å². The number of fused-ring (bicyclic) bond motifs is 1. The summed E-state index contributed by atoms with van der Waals surface area (Å²) in [6, 6.07) is 14.0. The van der Waals surface area contributed by atoms with Crippen molar-refractivity contribution in [2.45, 2.75) is 19.4 Å². The van der Waals surface area contributed by atoms with Crippen LogP contribution in [0.15, 0.2) is 48.7 Å². The molecular weight excluding hydrogens is 412 g/mol. The number of ether oxygens (including phenoxy) is 1. The number of non-ortho nitro benzene ring substituents is 1. The fourth-order valence-corrected chi connectivity index (χ4v) is 5.16. The summed E-state index contributed by atoms with van der Waals surface area (Å²) in [7, 11) is 0. The molecule has 1 fully saturated rings. The van der Waals surface area contributed by atoms with Crippen LogP contribution >= 0.6 is 11.3 Å². The molecule has 0 unspecified atom stereocenters. The van der Waals surface area contributed by atoms with E-state index in [0.29, 0.717) is 6.54 Å². The van der Waals surface area contributed by atoms with Crippen molar-refractivity contribution < 1.29 is 9.66 Å². The zero-order valence-corrected chi connectivity index (χ0v) is 18.0. The second-order valence-corrected chi connectivity index (χ2v) is 9.03. The molecule has 31 heavy (non-hydrogen) atoms. The molecule has 0 bridgehead atoms. The normalized spacial score (nSPS) is 16.3. The van der Waals surface area contributed by atoms with Crippen LogP contribution in [-0.4, -0.2) is 42.8 Å². The van der Waals surface area contributed by atoms with Gasteiger partial charge in [-0.2, -0.15) is 0 Å². The van der Waals surface area contributed by atoms with Gasteiger partial charge in [-0.05, 0) is 35.2 Å². The first kappa shape index (κ1) is 20.0. The van der Waals surface area contributed by atoms with Gasteiger partial charge in [0.25, 0.3) is 5.69 Å². The molecule has 2 aliphatic rings. The van der Waals surface area contributed by atoms with Gasteiger partial charge in [0.05, 0.1) is 18.1 Å². The Morgan fingerprint density at radius 1 is 1.03 bits per heavy atom. The smallest absolute Gasteiger partial charge is 0.269 e. The van der Waals surface area contributed by atoms with E-state index in [1.807, 2.05) is 12.3 Å². The molecule has 160 valence electrons. The predicted molar refractivity (Wildman–Crippen MR) is 122 cm³/mol. The first-order valence-electron chi connectivity index (χ1n) is 10.5. The van der Waals surface area contributed by atoms with Crippen molar-refractivity contribution in [1.29, 1.82) is 0 Å². The molecule has 1 aromatic heterocycles. The lowest BCUT2D eigenvalue weighted by atomic mass is 9.99. The zero-order valence-electron chi connectivity index (χ0n) is 17.2. The maximum Gasteiger partial charge on any atom is 0.269 e. The largest absolute Gasteiger partial charge is 0.378 e. The summed E-state index contributed by atoms with van der Waals surface area (Å²) in [6.45, 7) is 5.02. The van der Waals surface area contributed by atoms with Gasteiger partial charge in [0.1, 0.15) is 0 Å². The number of hydrogen-bond acceptors (Lipinski definition) is 7. The van der Waals surface area contributed by atoms with Crippen molar-refractivity contribution in [1.82, 2.24) is 4.98 Å². The third-order valence-corrected chi connectivity index (χ3v) is 6.97. The van der Waals surface area contributed by atoms with E-state index in [2.05, 4.69) is 39.0 Å². The van der Waals surface area contributed by atoms with Gasteiger partial charge in [-0.25, -0.2) is 4.98 Å². The minimum absolute atomic E-state index is 0.154.